The summed E-state index contributed by atoms with van der Waals surface area (Å²) < 4.78 is 0. The molecule has 15 heavy (non-hydrogen) atoms. The molecule has 1 aliphatic heterocycles. The predicted molar refractivity (Wildman–Crippen MR) is 61.0 cm³/mol. The van der Waals surface area contributed by atoms with E-state index < -0.39 is 0 Å². The molecule has 1 saturated heterocycles. The molecule has 1 aromatic rings. The van der Waals surface area contributed by atoms with Crippen LogP contribution in [0.2, 0.25) is 0 Å². The zero-order valence-corrected chi connectivity index (χ0v) is 9.29. The Kier molecular flexibility index (Phi) is 2.87. The van der Waals surface area contributed by atoms with Crippen LogP contribution in [0.1, 0.15) is 22.8 Å². The van der Waals surface area contributed by atoms with E-state index in [0.29, 0.717) is 5.92 Å². The molecule has 1 atom stereocenters. The molecule has 1 heterocycles. The Morgan fingerprint density at radius 3 is 2.73 bits per heavy atom. The highest BCUT2D eigenvalue weighted by Crippen LogP contribution is 2.21. The van der Waals surface area contributed by atoms with Gasteiger partial charge in [0.1, 0.15) is 0 Å². The Bertz CT molecular complexity index is 369. The number of hydrogen-bond donors (Lipinski definition) is 1. The number of carbonyl (C=O) groups is 1. The van der Waals surface area contributed by atoms with Gasteiger partial charge in [0.25, 0.3) is 0 Å². The summed E-state index contributed by atoms with van der Waals surface area (Å²) in [6.07, 6.45) is 0. The van der Waals surface area contributed by atoms with Crippen molar-refractivity contribution in [3.8, 4) is 0 Å². The van der Waals surface area contributed by atoms with Crippen LogP contribution in [-0.2, 0) is 0 Å². The van der Waals surface area contributed by atoms with Crippen molar-refractivity contribution in [2.24, 2.45) is 11.8 Å². The van der Waals surface area contributed by atoms with E-state index in [0.717, 1.165) is 24.2 Å². The van der Waals surface area contributed by atoms with Gasteiger partial charge >= 0.3 is 0 Å². The van der Waals surface area contributed by atoms with Crippen molar-refractivity contribution in [3.05, 3.63) is 35.4 Å². The molecule has 2 rings (SSSR count). The monoisotopic (exact) mass is 203 g/mol. The minimum atomic E-state index is 0.146. The van der Waals surface area contributed by atoms with Crippen LogP contribution in [-0.4, -0.2) is 18.9 Å². The largest absolute Gasteiger partial charge is 0.316 e. The number of benzene rings is 1. The van der Waals surface area contributed by atoms with Crippen molar-refractivity contribution >= 4 is 5.78 Å². The number of hydrogen-bond acceptors (Lipinski definition) is 2. The highest BCUT2D eigenvalue weighted by atomic mass is 16.1. The average Bonchev–Trinajstić information content (AvgIpc) is 2.14. The van der Waals surface area contributed by atoms with Crippen molar-refractivity contribution in [1.29, 1.82) is 0 Å². The molecule has 0 spiro atoms. The Hall–Kier alpha value is -1.15. The van der Waals surface area contributed by atoms with Crippen LogP contribution in [0.5, 0.6) is 0 Å². The fourth-order valence-corrected chi connectivity index (χ4v) is 1.94. The fourth-order valence-electron chi connectivity index (χ4n) is 1.94. The lowest BCUT2D eigenvalue weighted by atomic mass is 9.83. The topological polar surface area (TPSA) is 29.1 Å². The average molecular weight is 203 g/mol. The number of carbonyl (C=O) groups excluding carboxylic acids is 1. The zero-order valence-electron chi connectivity index (χ0n) is 9.29. The van der Waals surface area contributed by atoms with Crippen LogP contribution in [0.3, 0.4) is 0 Å². The maximum absolute atomic E-state index is 12.1. The quantitative estimate of drug-likeness (QED) is 0.762. The fraction of sp³-hybridized carbons (Fsp3) is 0.462. The first-order valence-corrected chi connectivity index (χ1v) is 5.50. The number of Topliss-reactive ketones (excluding diaryl/α,β-unsaturated/α-hetero) is 1. The van der Waals surface area contributed by atoms with E-state index in [1.54, 1.807) is 0 Å². The zero-order chi connectivity index (χ0) is 10.8. The second-order valence-electron chi connectivity index (χ2n) is 4.44. The van der Waals surface area contributed by atoms with Gasteiger partial charge in [0, 0.05) is 11.5 Å². The van der Waals surface area contributed by atoms with Gasteiger partial charge in [0.05, 0.1) is 0 Å². The Labute approximate surface area is 90.7 Å². The van der Waals surface area contributed by atoms with Gasteiger partial charge in [-0.2, -0.15) is 0 Å². The Balaban J connectivity index is 2.12. The molecule has 1 unspecified atom stereocenters. The van der Waals surface area contributed by atoms with Crippen molar-refractivity contribution in [2.45, 2.75) is 13.8 Å². The lowest BCUT2D eigenvalue weighted by Crippen LogP contribution is -2.47. The smallest absolute Gasteiger partial charge is 0.166 e. The Morgan fingerprint density at radius 2 is 2.20 bits per heavy atom. The van der Waals surface area contributed by atoms with Gasteiger partial charge in [-0.3, -0.25) is 4.79 Å². The number of aryl methyl sites for hydroxylation is 1. The number of rotatable bonds is 3. The van der Waals surface area contributed by atoms with E-state index in [1.807, 2.05) is 38.1 Å². The van der Waals surface area contributed by atoms with Gasteiger partial charge in [-0.15, -0.1) is 0 Å². The van der Waals surface area contributed by atoms with E-state index in [1.165, 1.54) is 0 Å². The molecule has 0 saturated carbocycles. The summed E-state index contributed by atoms with van der Waals surface area (Å²) in [5, 5.41) is 3.21. The van der Waals surface area contributed by atoms with Crippen LogP contribution in [0, 0.1) is 18.8 Å². The number of ketones is 1. The summed E-state index contributed by atoms with van der Waals surface area (Å²) >= 11 is 0. The SMILES string of the molecule is Cc1cccc(C(=O)C(C)C2CNC2)c1. The maximum Gasteiger partial charge on any atom is 0.166 e. The summed E-state index contributed by atoms with van der Waals surface area (Å²) in [5.74, 6) is 0.955. The standard InChI is InChI=1S/C13H17NO/c1-9-4-3-5-11(6-9)13(15)10(2)12-7-14-8-12/h3-6,10,12,14H,7-8H2,1-2H3. The van der Waals surface area contributed by atoms with Crippen molar-refractivity contribution < 1.29 is 4.79 Å². The van der Waals surface area contributed by atoms with Crippen molar-refractivity contribution in [3.63, 3.8) is 0 Å². The molecule has 1 N–H and O–H groups in total. The Morgan fingerprint density at radius 1 is 1.47 bits per heavy atom. The molecule has 0 bridgehead atoms. The second-order valence-corrected chi connectivity index (χ2v) is 4.44. The first kappa shape index (κ1) is 10.4. The molecule has 1 aliphatic rings. The van der Waals surface area contributed by atoms with E-state index >= 15 is 0 Å². The molecule has 0 aliphatic carbocycles. The summed E-state index contributed by atoms with van der Waals surface area (Å²) in [7, 11) is 0. The highest BCUT2D eigenvalue weighted by molar-refractivity contribution is 5.98. The van der Waals surface area contributed by atoms with Gasteiger partial charge in [-0.1, -0.05) is 30.7 Å². The molecular formula is C13H17NO. The molecule has 0 aromatic heterocycles. The normalized spacial score (nSPS) is 18.3. The summed E-state index contributed by atoms with van der Waals surface area (Å²) in [4.78, 5) is 12.1. The van der Waals surface area contributed by atoms with Gasteiger partial charge in [-0.05, 0) is 32.0 Å². The minimum absolute atomic E-state index is 0.146. The summed E-state index contributed by atoms with van der Waals surface area (Å²) in [6, 6.07) is 7.86. The molecule has 1 aromatic carbocycles. The summed E-state index contributed by atoms with van der Waals surface area (Å²) in [6.45, 7) is 6.03. The third-order valence-corrected chi connectivity index (χ3v) is 3.24. The van der Waals surface area contributed by atoms with Crippen LogP contribution in [0.25, 0.3) is 0 Å². The maximum atomic E-state index is 12.1. The third kappa shape index (κ3) is 2.10. The van der Waals surface area contributed by atoms with Crippen molar-refractivity contribution in [2.75, 3.05) is 13.1 Å². The van der Waals surface area contributed by atoms with Crippen LogP contribution >= 0.6 is 0 Å². The molecule has 2 nitrogen and oxygen atoms in total. The molecule has 0 amide bonds. The predicted octanol–water partition coefficient (Wildman–Crippen LogP) is 2.03. The molecule has 1 fully saturated rings. The van der Waals surface area contributed by atoms with Crippen LogP contribution < -0.4 is 5.32 Å². The molecular weight excluding hydrogens is 186 g/mol. The van der Waals surface area contributed by atoms with E-state index in [-0.39, 0.29) is 11.7 Å². The van der Waals surface area contributed by atoms with E-state index in [4.69, 9.17) is 0 Å². The molecule has 2 heteroatoms. The lowest BCUT2D eigenvalue weighted by molar-refractivity contribution is 0.0854. The van der Waals surface area contributed by atoms with Crippen LogP contribution in [0.15, 0.2) is 24.3 Å². The number of nitrogens with one attached hydrogen (secondary N) is 1. The van der Waals surface area contributed by atoms with Crippen LogP contribution in [0.4, 0.5) is 0 Å². The van der Waals surface area contributed by atoms with Gasteiger partial charge in [0.2, 0.25) is 0 Å². The van der Waals surface area contributed by atoms with Gasteiger partial charge < -0.3 is 5.32 Å². The minimum Gasteiger partial charge on any atom is -0.316 e. The summed E-state index contributed by atoms with van der Waals surface area (Å²) in [5.41, 5.74) is 2.01. The third-order valence-electron chi connectivity index (χ3n) is 3.24. The van der Waals surface area contributed by atoms with E-state index in [9.17, 15) is 4.79 Å². The van der Waals surface area contributed by atoms with E-state index in [2.05, 4.69) is 5.32 Å². The van der Waals surface area contributed by atoms with Crippen molar-refractivity contribution in [1.82, 2.24) is 5.32 Å². The van der Waals surface area contributed by atoms with Gasteiger partial charge in [0.15, 0.2) is 5.78 Å². The second kappa shape index (κ2) is 4.15. The first-order valence-electron chi connectivity index (χ1n) is 5.50. The van der Waals surface area contributed by atoms with Gasteiger partial charge in [-0.25, -0.2) is 0 Å². The lowest BCUT2D eigenvalue weighted by Gasteiger charge is -2.31. The molecule has 80 valence electrons. The first-order chi connectivity index (χ1) is 7.18. The highest BCUT2D eigenvalue weighted by Gasteiger charge is 2.29. The molecule has 0 radical (unpaired) electrons.